The van der Waals surface area contributed by atoms with Crippen LogP contribution in [0, 0.1) is 0 Å². The molecule has 0 unspecified atom stereocenters. The third-order valence-corrected chi connectivity index (χ3v) is 4.41. The summed E-state index contributed by atoms with van der Waals surface area (Å²) in [4.78, 5) is 26.0. The number of carbonyl (C=O) groups excluding carboxylic acids is 2. The van der Waals surface area contributed by atoms with E-state index in [1.54, 1.807) is 6.08 Å². The molecule has 1 N–H and O–H groups in total. The van der Waals surface area contributed by atoms with Gasteiger partial charge < -0.3 is 5.11 Å². The molecular formula is C16H10BrNO3S. The Morgan fingerprint density at radius 3 is 2.50 bits per heavy atom. The summed E-state index contributed by atoms with van der Waals surface area (Å²) >= 11 is 4.27. The van der Waals surface area contributed by atoms with Crippen LogP contribution in [0.15, 0.2) is 57.9 Å². The summed E-state index contributed by atoms with van der Waals surface area (Å²) in [5, 5.41) is 8.94. The molecule has 6 heteroatoms. The van der Waals surface area contributed by atoms with Crippen LogP contribution in [0.3, 0.4) is 0 Å². The van der Waals surface area contributed by atoms with Gasteiger partial charge in [0.25, 0.3) is 11.1 Å². The molecular weight excluding hydrogens is 366 g/mol. The maximum Gasteiger partial charge on any atom is 0.298 e. The normalized spacial score (nSPS) is 16.6. The molecule has 0 aromatic heterocycles. The molecule has 110 valence electrons. The van der Waals surface area contributed by atoms with Crippen LogP contribution in [0.4, 0.5) is 10.5 Å². The zero-order valence-corrected chi connectivity index (χ0v) is 13.6. The fraction of sp³-hybridized carbons (Fsp3) is 0. The first-order valence-corrected chi connectivity index (χ1v) is 7.98. The molecule has 1 aliphatic heterocycles. The number of halogens is 1. The lowest BCUT2D eigenvalue weighted by Crippen LogP contribution is -2.27. The molecule has 1 saturated heterocycles. The molecule has 0 aliphatic carbocycles. The van der Waals surface area contributed by atoms with Crippen molar-refractivity contribution >= 4 is 50.6 Å². The van der Waals surface area contributed by atoms with E-state index in [1.807, 2.05) is 24.3 Å². The minimum Gasteiger partial charge on any atom is -0.508 e. The molecule has 1 heterocycles. The van der Waals surface area contributed by atoms with Crippen LogP contribution >= 0.6 is 27.7 Å². The summed E-state index contributed by atoms with van der Waals surface area (Å²) in [6, 6.07) is 13.4. The Morgan fingerprint density at radius 2 is 1.82 bits per heavy atom. The lowest BCUT2D eigenvalue weighted by molar-refractivity contribution is -0.113. The number of phenols is 1. The molecule has 0 radical (unpaired) electrons. The standard InChI is InChI=1S/C16H10BrNO3S/c17-11-3-1-2-10(8-11)9-14-15(20)18(16(21)22-14)12-4-6-13(19)7-5-12/h1-9,19H. The van der Waals surface area contributed by atoms with Crippen molar-refractivity contribution in [1.29, 1.82) is 0 Å². The van der Waals surface area contributed by atoms with E-state index in [9.17, 15) is 14.7 Å². The van der Waals surface area contributed by atoms with Crippen molar-refractivity contribution in [3.8, 4) is 5.75 Å². The van der Waals surface area contributed by atoms with Crippen molar-refractivity contribution in [2.75, 3.05) is 4.90 Å². The Hall–Kier alpha value is -2.05. The fourth-order valence-electron chi connectivity index (χ4n) is 2.04. The van der Waals surface area contributed by atoms with Crippen LogP contribution in [0.25, 0.3) is 6.08 Å². The number of amides is 2. The number of anilines is 1. The van der Waals surface area contributed by atoms with Gasteiger partial charge in [-0.3, -0.25) is 9.59 Å². The number of thioether (sulfide) groups is 1. The predicted octanol–water partition coefficient (Wildman–Crippen LogP) is 4.40. The van der Waals surface area contributed by atoms with E-state index in [4.69, 9.17) is 0 Å². The number of rotatable bonds is 2. The van der Waals surface area contributed by atoms with Gasteiger partial charge in [0, 0.05) is 4.47 Å². The van der Waals surface area contributed by atoms with Gasteiger partial charge in [-0.25, -0.2) is 4.90 Å². The second-order valence-corrected chi connectivity index (χ2v) is 6.50. The Bertz CT molecular complexity index is 786. The van der Waals surface area contributed by atoms with Gasteiger partial charge in [-0.15, -0.1) is 0 Å². The molecule has 22 heavy (non-hydrogen) atoms. The number of nitrogens with zero attached hydrogens (tertiary/aromatic N) is 1. The first kappa shape index (κ1) is 14.9. The van der Waals surface area contributed by atoms with Crippen molar-refractivity contribution < 1.29 is 14.7 Å². The van der Waals surface area contributed by atoms with Gasteiger partial charge in [0.1, 0.15) is 5.75 Å². The summed E-state index contributed by atoms with van der Waals surface area (Å²) in [6.07, 6.45) is 1.69. The summed E-state index contributed by atoms with van der Waals surface area (Å²) in [5.74, 6) is -0.277. The highest BCUT2D eigenvalue weighted by Gasteiger charge is 2.36. The zero-order valence-electron chi connectivity index (χ0n) is 11.2. The van der Waals surface area contributed by atoms with E-state index < -0.39 is 0 Å². The molecule has 1 aliphatic rings. The molecule has 0 atom stereocenters. The van der Waals surface area contributed by atoms with Gasteiger partial charge in [0.05, 0.1) is 10.6 Å². The first-order chi connectivity index (χ1) is 10.5. The molecule has 2 aromatic carbocycles. The molecule has 2 aromatic rings. The molecule has 0 saturated carbocycles. The van der Waals surface area contributed by atoms with E-state index in [-0.39, 0.29) is 16.9 Å². The average molecular weight is 376 g/mol. The van der Waals surface area contributed by atoms with Crippen molar-refractivity contribution in [2.45, 2.75) is 0 Å². The molecule has 0 bridgehead atoms. The van der Waals surface area contributed by atoms with E-state index in [1.165, 1.54) is 24.3 Å². The summed E-state index contributed by atoms with van der Waals surface area (Å²) in [6.45, 7) is 0. The van der Waals surface area contributed by atoms with Crippen LogP contribution < -0.4 is 4.90 Å². The Morgan fingerprint density at radius 1 is 1.09 bits per heavy atom. The van der Waals surface area contributed by atoms with Crippen LogP contribution in [0.1, 0.15) is 5.56 Å². The van der Waals surface area contributed by atoms with Gasteiger partial charge in [-0.1, -0.05) is 28.1 Å². The molecule has 1 fully saturated rings. The minimum absolute atomic E-state index is 0.0837. The topological polar surface area (TPSA) is 57.6 Å². The second-order valence-electron chi connectivity index (χ2n) is 4.59. The Balaban J connectivity index is 1.93. The Kier molecular flexibility index (Phi) is 4.04. The van der Waals surface area contributed by atoms with E-state index in [0.717, 1.165) is 26.7 Å². The van der Waals surface area contributed by atoms with Gasteiger partial charge in [0.15, 0.2) is 0 Å². The highest BCUT2D eigenvalue weighted by molar-refractivity contribution is 9.10. The number of phenolic OH excluding ortho intramolecular Hbond substituents is 1. The summed E-state index contributed by atoms with van der Waals surface area (Å²) in [7, 11) is 0. The van der Waals surface area contributed by atoms with Gasteiger partial charge >= 0.3 is 0 Å². The SMILES string of the molecule is O=C1SC(=Cc2cccc(Br)c2)C(=O)N1c1ccc(O)cc1. The number of benzene rings is 2. The van der Waals surface area contributed by atoms with Crippen molar-refractivity contribution in [2.24, 2.45) is 0 Å². The number of imide groups is 1. The zero-order chi connectivity index (χ0) is 15.7. The molecule has 2 amide bonds. The second kappa shape index (κ2) is 5.98. The number of hydrogen-bond donors (Lipinski definition) is 1. The minimum atomic E-state index is -0.360. The molecule has 0 spiro atoms. The van der Waals surface area contributed by atoms with Gasteiger partial charge in [-0.05, 0) is 59.8 Å². The maximum absolute atomic E-state index is 12.4. The molecule has 3 rings (SSSR count). The predicted molar refractivity (Wildman–Crippen MR) is 90.7 cm³/mol. The first-order valence-electron chi connectivity index (χ1n) is 6.37. The van der Waals surface area contributed by atoms with E-state index in [2.05, 4.69) is 15.9 Å². The highest BCUT2D eigenvalue weighted by atomic mass is 79.9. The number of hydrogen-bond acceptors (Lipinski definition) is 4. The Labute approximate surface area is 139 Å². The summed E-state index contributed by atoms with van der Waals surface area (Å²) in [5.41, 5.74) is 1.28. The molecule has 4 nitrogen and oxygen atoms in total. The van der Waals surface area contributed by atoms with E-state index >= 15 is 0 Å². The summed E-state index contributed by atoms with van der Waals surface area (Å²) < 4.78 is 0.902. The highest BCUT2D eigenvalue weighted by Crippen LogP contribution is 2.36. The number of aromatic hydroxyl groups is 1. The van der Waals surface area contributed by atoms with Crippen molar-refractivity contribution in [1.82, 2.24) is 0 Å². The van der Waals surface area contributed by atoms with Crippen LogP contribution in [0.5, 0.6) is 5.75 Å². The van der Waals surface area contributed by atoms with E-state index in [0.29, 0.717) is 10.6 Å². The van der Waals surface area contributed by atoms with Gasteiger partial charge in [0.2, 0.25) is 0 Å². The third kappa shape index (κ3) is 2.93. The average Bonchev–Trinajstić information content (AvgIpc) is 2.75. The van der Waals surface area contributed by atoms with Crippen LogP contribution in [-0.4, -0.2) is 16.3 Å². The fourth-order valence-corrected chi connectivity index (χ4v) is 3.30. The smallest absolute Gasteiger partial charge is 0.298 e. The van der Waals surface area contributed by atoms with Crippen molar-refractivity contribution in [3.05, 3.63) is 63.5 Å². The monoisotopic (exact) mass is 375 g/mol. The quantitative estimate of drug-likeness (QED) is 0.790. The lowest BCUT2D eigenvalue weighted by atomic mass is 10.2. The third-order valence-electron chi connectivity index (χ3n) is 3.05. The van der Waals surface area contributed by atoms with Crippen molar-refractivity contribution in [3.63, 3.8) is 0 Å². The largest absolute Gasteiger partial charge is 0.508 e. The number of carbonyl (C=O) groups is 2. The lowest BCUT2D eigenvalue weighted by Gasteiger charge is -2.12. The maximum atomic E-state index is 12.4. The van der Waals surface area contributed by atoms with Crippen LogP contribution in [-0.2, 0) is 4.79 Å². The van der Waals surface area contributed by atoms with Crippen LogP contribution in [0.2, 0.25) is 0 Å². The van der Waals surface area contributed by atoms with Gasteiger partial charge in [-0.2, -0.15) is 0 Å².